The number of hydrogen-bond acceptors (Lipinski definition) is 3. The van der Waals surface area contributed by atoms with E-state index in [2.05, 4.69) is 10.4 Å². The van der Waals surface area contributed by atoms with Crippen LogP contribution in [0.1, 0.15) is 35.8 Å². The Bertz CT molecular complexity index is 698. The lowest BCUT2D eigenvalue weighted by molar-refractivity contribution is -0.137. The van der Waals surface area contributed by atoms with Crippen LogP contribution in [0.15, 0.2) is 36.5 Å². The van der Waals surface area contributed by atoms with Gasteiger partial charge in [0.1, 0.15) is 0 Å². The van der Waals surface area contributed by atoms with Gasteiger partial charge in [0.25, 0.3) is 5.91 Å². The first-order valence-corrected chi connectivity index (χ1v) is 7.50. The molecule has 0 aliphatic carbocycles. The van der Waals surface area contributed by atoms with Crippen LogP contribution in [0.4, 0.5) is 13.2 Å². The minimum atomic E-state index is -4.44. The Hall–Kier alpha value is -2.35. The van der Waals surface area contributed by atoms with Gasteiger partial charge in [-0.25, -0.2) is 4.68 Å². The van der Waals surface area contributed by atoms with Crippen LogP contribution in [-0.2, 0) is 6.18 Å². The summed E-state index contributed by atoms with van der Waals surface area (Å²) in [6.07, 6.45) is -1.93. The highest BCUT2D eigenvalue weighted by molar-refractivity contribution is 5.92. The third kappa shape index (κ3) is 4.35. The molecular formula is C16H18F3N3O2. The monoisotopic (exact) mass is 341 g/mol. The van der Waals surface area contributed by atoms with E-state index in [-0.39, 0.29) is 24.0 Å². The highest BCUT2D eigenvalue weighted by Crippen LogP contribution is 2.30. The molecule has 2 rings (SSSR count). The lowest BCUT2D eigenvalue weighted by Crippen LogP contribution is -2.35. The number of carbonyl (C=O) groups is 1. The van der Waals surface area contributed by atoms with Crippen molar-refractivity contribution in [1.29, 1.82) is 0 Å². The number of rotatable bonds is 6. The zero-order chi connectivity index (χ0) is 17.7. The van der Waals surface area contributed by atoms with E-state index < -0.39 is 17.6 Å². The Balaban J connectivity index is 2.17. The summed E-state index contributed by atoms with van der Waals surface area (Å²) in [4.78, 5) is 12.1. The van der Waals surface area contributed by atoms with Gasteiger partial charge in [0.2, 0.25) is 0 Å². The van der Waals surface area contributed by atoms with Gasteiger partial charge in [-0.3, -0.25) is 4.79 Å². The Morgan fingerprint density at radius 3 is 2.75 bits per heavy atom. The van der Waals surface area contributed by atoms with Crippen molar-refractivity contribution < 1.29 is 23.1 Å². The van der Waals surface area contributed by atoms with E-state index in [0.29, 0.717) is 12.8 Å². The van der Waals surface area contributed by atoms with E-state index in [9.17, 15) is 18.0 Å². The van der Waals surface area contributed by atoms with E-state index in [0.717, 1.165) is 12.1 Å². The third-order valence-electron chi connectivity index (χ3n) is 3.57. The molecule has 1 aromatic carbocycles. The number of aliphatic hydroxyl groups excluding tert-OH is 1. The van der Waals surface area contributed by atoms with Gasteiger partial charge in [0.15, 0.2) is 5.69 Å². The molecule has 1 aromatic heterocycles. The first-order valence-electron chi connectivity index (χ1n) is 7.50. The minimum Gasteiger partial charge on any atom is -0.396 e. The van der Waals surface area contributed by atoms with E-state index in [4.69, 9.17) is 5.11 Å². The Kier molecular flexibility index (Phi) is 5.61. The molecule has 1 atom stereocenters. The smallest absolute Gasteiger partial charge is 0.396 e. The highest BCUT2D eigenvalue weighted by Gasteiger charge is 2.30. The molecule has 1 unspecified atom stereocenters. The molecule has 8 heteroatoms. The van der Waals surface area contributed by atoms with Gasteiger partial charge in [-0.2, -0.15) is 18.3 Å². The van der Waals surface area contributed by atoms with Gasteiger partial charge in [0.05, 0.1) is 11.3 Å². The van der Waals surface area contributed by atoms with Crippen molar-refractivity contribution in [2.75, 3.05) is 6.61 Å². The Labute approximate surface area is 137 Å². The molecule has 2 N–H and O–H groups in total. The van der Waals surface area contributed by atoms with Crippen molar-refractivity contribution in [3.05, 3.63) is 47.8 Å². The molecule has 1 amide bonds. The van der Waals surface area contributed by atoms with Crippen LogP contribution in [0.3, 0.4) is 0 Å². The average Bonchev–Trinajstić information content (AvgIpc) is 3.04. The number of hydrogen-bond donors (Lipinski definition) is 2. The van der Waals surface area contributed by atoms with Crippen molar-refractivity contribution in [3.8, 4) is 5.69 Å². The maximum Gasteiger partial charge on any atom is 0.416 e. The molecule has 0 fully saturated rings. The number of aliphatic hydroxyl groups is 1. The zero-order valence-electron chi connectivity index (χ0n) is 13.0. The lowest BCUT2D eigenvalue weighted by Gasteiger charge is -2.14. The summed E-state index contributed by atoms with van der Waals surface area (Å²) in [5.41, 5.74) is -0.467. The molecule has 0 radical (unpaired) electrons. The van der Waals surface area contributed by atoms with Gasteiger partial charge in [-0.15, -0.1) is 0 Å². The molecule has 1 heterocycles. The summed E-state index contributed by atoms with van der Waals surface area (Å²) in [6.45, 7) is 1.83. The van der Waals surface area contributed by atoms with Crippen LogP contribution in [0, 0.1) is 0 Å². The molecule has 0 saturated heterocycles. The van der Waals surface area contributed by atoms with Gasteiger partial charge in [-0.1, -0.05) is 13.0 Å². The third-order valence-corrected chi connectivity index (χ3v) is 3.57. The van der Waals surface area contributed by atoms with Gasteiger partial charge in [0, 0.05) is 18.8 Å². The molecule has 0 aliphatic rings. The average molecular weight is 341 g/mol. The summed E-state index contributed by atoms with van der Waals surface area (Å²) in [6, 6.07) is 5.96. The molecule has 130 valence electrons. The second-order valence-corrected chi connectivity index (χ2v) is 5.28. The summed E-state index contributed by atoms with van der Waals surface area (Å²) in [5.74, 6) is -0.430. The second kappa shape index (κ2) is 7.48. The first-order chi connectivity index (χ1) is 11.3. The topological polar surface area (TPSA) is 67.2 Å². The van der Waals surface area contributed by atoms with Crippen LogP contribution >= 0.6 is 0 Å². The fraction of sp³-hybridized carbons (Fsp3) is 0.375. The summed E-state index contributed by atoms with van der Waals surface area (Å²) in [5, 5.41) is 15.7. The standard InChI is InChI=1S/C16H18F3N3O2/c1-2-12(7-9-23)20-15(24)14-6-8-22(21-14)13-5-3-4-11(10-13)16(17,18)19/h3-6,8,10,12,23H,2,7,9H2,1H3,(H,20,24). The van der Waals surface area contributed by atoms with Crippen LogP contribution in [-0.4, -0.2) is 33.4 Å². The van der Waals surface area contributed by atoms with Gasteiger partial charge < -0.3 is 10.4 Å². The summed E-state index contributed by atoms with van der Waals surface area (Å²) < 4.78 is 39.5. The molecular weight excluding hydrogens is 323 g/mol. The molecule has 5 nitrogen and oxygen atoms in total. The fourth-order valence-electron chi connectivity index (χ4n) is 2.21. The van der Waals surface area contributed by atoms with E-state index in [1.807, 2.05) is 6.92 Å². The van der Waals surface area contributed by atoms with Crippen molar-refractivity contribution in [2.24, 2.45) is 0 Å². The molecule has 24 heavy (non-hydrogen) atoms. The first kappa shape index (κ1) is 18.0. The number of aromatic nitrogens is 2. The van der Waals surface area contributed by atoms with Crippen molar-refractivity contribution in [2.45, 2.75) is 32.0 Å². The molecule has 0 aliphatic heterocycles. The fourth-order valence-corrected chi connectivity index (χ4v) is 2.21. The van der Waals surface area contributed by atoms with Crippen molar-refractivity contribution >= 4 is 5.91 Å². The molecule has 0 saturated carbocycles. The quantitative estimate of drug-likeness (QED) is 0.849. The number of benzene rings is 1. The van der Waals surface area contributed by atoms with Crippen molar-refractivity contribution in [3.63, 3.8) is 0 Å². The lowest BCUT2D eigenvalue weighted by atomic mass is 10.1. The van der Waals surface area contributed by atoms with Crippen LogP contribution in [0.25, 0.3) is 5.69 Å². The van der Waals surface area contributed by atoms with E-state index >= 15 is 0 Å². The number of nitrogens with zero attached hydrogens (tertiary/aromatic N) is 2. The predicted octanol–water partition coefficient (Wildman–Crippen LogP) is 2.78. The number of carbonyl (C=O) groups excluding carboxylic acids is 1. The van der Waals surface area contributed by atoms with Crippen LogP contribution < -0.4 is 5.32 Å². The molecule has 0 bridgehead atoms. The predicted molar refractivity (Wildman–Crippen MR) is 81.8 cm³/mol. The molecule has 0 spiro atoms. The van der Waals surface area contributed by atoms with Gasteiger partial charge in [-0.05, 0) is 37.1 Å². The Morgan fingerprint density at radius 2 is 2.12 bits per heavy atom. The zero-order valence-corrected chi connectivity index (χ0v) is 13.0. The van der Waals surface area contributed by atoms with E-state index in [1.54, 1.807) is 0 Å². The maximum absolute atomic E-state index is 12.8. The number of halogens is 3. The normalized spacial score (nSPS) is 12.9. The molecule has 2 aromatic rings. The highest BCUT2D eigenvalue weighted by atomic mass is 19.4. The number of nitrogens with one attached hydrogen (secondary N) is 1. The van der Waals surface area contributed by atoms with E-state index in [1.165, 1.54) is 29.1 Å². The van der Waals surface area contributed by atoms with Gasteiger partial charge >= 0.3 is 6.18 Å². The number of amides is 1. The van der Waals surface area contributed by atoms with Crippen LogP contribution in [0.2, 0.25) is 0 Å². The summed E-state index contributed by atoms with van der Waals surface area (Å²) >= 11 is 0. The minimum absolute atomic E-state index is 0.0442. The summed E-state index contributed by atoms with van der Waals surface area (Å²) in [7, 11) is 0. The Morgan fingerprint density at radius 1 is 1.38 bits per heavy atom. The SMILES string of the molecule is CCC(CCO)NC(=O)c1ccn(-c2cccc(C(F)(F)F)c2)n1. The second-order valence-electron chi connectivity index (χ2n) is 5.28. The van der Waals surface area contributed by atoms with Crippen molar-refractivity contribution in [1.82, 2.24) is 15.1 Å². The largest absolute Gasteiger partial charge is 0.416 e. The maximum atomic E-state index is 12.8. The van der Waals surface area contributed by atoms with Crippen LogP contribution in [0.5, 0.6) is 0 Å². The number of alkyl halides is 3.